The summed E-state index contributed by atoms with van der Waals surface area (Å²) in [4.78, 5) is 36.2. The minimum atomic E-state index is -1.18. The fourth-order valence-corrected chi connectivity index (χ4v) is 3.57. The number of amides is 2. The number of carboxylic acids is 1. The maximum atomic E-state index is 12.9. The molecule has 0 spiro atoms. The van der Waals surface area contributed by atoms with Gasteiger partial charge < -0.3 is 26.2 Å². The molecule has 30 heavy (non-hydrogen) atoms. The zero-order valence-corrected chi connectivity index (χ0v) is 17.6. The minimum Gasteiger partial charge on any atom is -0.479 e. The second-order valence-corrected chi connectivity index (χ2v) is 7.48. The van der Waals surface area contributed by atoms with E-state index in [1.54, 1.807) is 36.4 Å². The first-order valence-electron chi connectivity index (χ1n) is 10.2. The van der Waals surface area contributed by atoms with Crippen LogP contribution in [-0.4, -0.2) is 47.2 Å². The first-order valence-corrected chi connectivity index (χ1v) is 10.2. The third-order valence-corrected chi connectivity index (χ3v) is 5.21. The number of nitrogens with two attached hydrogens (primary N) is 1. The predicted molar refractivity (Wildman–Crippen MR) is 112 cm³/mol. The summed E-state index contributed by atoms with van der Waals surface area (Å²) in [6.45, 7) is 5.40. The van der Waals surface area contributed by atoms with Crippen LogP contribution < -0.4 is 16.4 Å². The maximum Gasteiger partial charge on any atom is 0.330 e. The highest BCUT2D eigenvalue weighted by Crippen LogP contribution is 2.24. The Labute approximate surface area is 176 Å². The summed E-state index contributed by atoms with van der Waals surface area (Å²) in [6.07, 6.45) is 2.78. The van der Waals surface area contributed by atoms with Gasteiger partial charge in [-0.3, -0.25) is 9.59 Å². The van der Waals surface area contributed by atoms with Gasteiger partial charge in [0.1, 0.15) is 0 Å². The topological polar surface area (TPSA) is 131 Å². The number of hydrogen-bond acceptors (Lipinski definition) is 5. The van der Waals surface area contributed by atoms with Crippen molar-refractivity contribution in [2.45, 2.75) is 70.4 Å². The molecule has 0 fully saturated rings. The SMILES string of the molecule is CCC(CC)O[C@@H]1C=C(C(=O)N[C@@H](C(=O)O)c2ccccc2)C[C@H](N)[C@H]1NC(C)=O. The molecule has 8 heteroatoms. The number of carbonyl (C=O) groups is 3. The second kappa shape index (κ2) is 10.9. The van der Waals surface area contributed by atoms with Gasteiger partial charge in [0.05, 0.1) is 18.2 Å². The lowest BCUT2D eigenvalue weighted by molar-refractivity contribution is -0.141. The van der Waals surface area contributed by atoms with E-state index in [1.165, 1.54) is 6.92 Å². The van der Waals surface area contributed by atoms with E-state index in [0.29, 0.717) is 11.1 Å². The third kappa shape index (κ3) is 6.14. The first kappa shape index (κ1) is 23.6. The van der Waals surface area contributed by atoms with Gasteiger partial charge in [0.15, 0.2) is 6.04 Å². The molecule has 5 N–H and O–H groups in total. The fourth-order valence-electron chi connectivity index (χ4n) is 3.57. The van der Waals surface area contributed by atoms with Crippen LogP contribution in [0, 0.1) is 0 Å². The van der Waals surface area contributed by atoms with E-state index in [4.69, 9.17) is 10.5 Å². The van der Waals surface area contributed by atoms with E-state index in [9.17, 15) is 19.5 Å². The quantitative estimate of drug-likeness (QED) is 0.483. The molecule has 1 aromatic rings. The predicted octanol–water partition coefficient (Wildman–Crippen LogP) is 1.66. The molecule has 8 nitrogen and oxygen atoms in total. The van der Waals surface area contributed by atoms with Crippen LogP contribution in [0.4, 0.5) is 0 Å². The summed E-state index contributed by atoms with van der Waals surface area (Å²) in [5, 5.41) is 15.0. The molecule has 0 saturated heterocycles. The average Bonchev–Trinajstić information content (AvgIpc) is 2.72. The van der Waals surface area contributed by atoms with Crippen LogP contribution in [0.1, 0.15) is 51.6 Å². The highest BCUT2D eigenvalue weighted by Gasteiger charge is 2.36. The van der Waals surface area contributed by atoms with Gasteiger partial charge in [0, 0.05) is 18.5 Å². The number of hydrogen-bond donors (Lipinski definition) is 4. The van der Waals surface area contributed by atoms with Crippen molar-refractivity contribution in [3.8, 4) is 0 Å². The Morgan fingerprint density at radius 1 is 1.20 bits per heavy atom. The molecule has 1 aliphatic carbocycles. The molecule has 1 aliphatic rings. The summed E-state index contributed by atoms with van der Waals surface area (Å²) < 4.78 is 6.12. The molecule has 0 heterocycles. The van der Waals surface area contributed by atoms with Crippen molar-refractivity contribution in [2.75, 3.05) is 0 Å². The summed E-state index contributed by atoms with van der Waals surface area (Å²) in [6, 6.07) is 6.30. The summed E-state index contributed by atoms with van der Waals surface area (Å²) in [7, 11) is 0. The van der Waals surface area contributed by atoms with Gasteiger partial charge in [-0.1, -0.05) is 44.2 Å². The number of ether oxygens (including phenoxy) is 1. The molecule has 2 rings (SSSR count). The van der Waals surface area contributed by atoms with Gasteiger partial charge in [-0.25, -0.2) is 4.79 Å². The molecule has 164 valence electrons. The van der Waals surface area contributed by atoms with E-state index >= 15 is 0 Å². The molecular weight excluding hydrogens is 386 g/mol. The minimum absolute atomic E-state index is 0.0480. The second-order valence-electron chi connectivity index (χ2n) is 7.48. The van der Waals surface area contributed by atoms with Crippen LogP contribution in [0.3, 0.4) is 0 Å². The van der Waals surface area contributed by atoms with E-state index in [-0.39, 0.29) is 18.4 Å². The summed E-state index contributed by atoms with van der Waals surface area (Å²) in [5.41, 5.74) is 7.10. The molecule has 2 amide bonds. The fraction of sp³-hybridized carbons (Fsp3) is 0.500. The molecule has 4 atom stereocenters. The molecular formula is C22H31N3O5. The zero-order chi connectivity index (χ0) is 22.3. The molecule has 0 aliphatic heterocycles. The summed E-state index contributed by atoms with van der Waals surface area (Å²) >= 11 is 0. The Bertz CT molecular complexity index is 776. The van der Waals surface area contributed by atoms with Gasteiger partial charge >= 0.3 is 5.97 Å². The Morgan fingerprint density at radius 3 is 2.37 bits per heavy atom. The van der Waals surface area contributed by atoms with Crippen LogP contribution in [0.2, 0.25) is 0 Å². The lowest BCUT2D eigenvalue weighted by Crippen LogP contribution is -2.57. The van der Waals surface area contributed by atoms with E-state index in [2.05, 4.69) is 10.6 Å². The smallest absolute Gasteiger partial charge is 0.330 e. The number of carboxylic acid groups (broad SMARTS) is 1. The average molecular weight is 418 g/mol. The van der Waals surface area contributed by atoms with Crippen molar-refractivity contribution in [1.82, 2.24) is 10.6 Å². The lowest BCUT2D eigenvalue weighted by atomic mass is 9.87. The van der Waals surface area contributed by atoms with Crippen molar-refractivity contribution < 1.29 is 24.2 Å². The molecule has 0 unspecified atom stereocenters. The van der Waals surface area contributed by atoms with Crippen molar-refractivity contribution in [3.05, 3.63) is 47.5 Å². The first-order chi connectivity index (χ1) is 14.3. The van der Waals surface area contributed by atoms with E-state index < -0.39 is 36.1 Å². The van der Waals surface area contributed by atoms with Gasteiger partial charge in [-0.05, 0) is 30.9 Å². The van der Waals surface area contributed by atoms with Crippen molar-refractivity contribution >= 4 is 17.8 Å². The molecule has 1 aromatic carbocycles. The van der Waals surface area contributed by atoms with Crippen LogP contribution in [0.25, 0.3) is 0 Å². The Kier molecular flexibility index (Phi) is 8.56. The lowest BCUT2D eigenvalue weighted by Gasteiger charge is -2.37. The monoisotopic (exact) mass is 417 g/mol. The van der Waals surface area contributed by atoms with Gasteiger partial charge in [-0.2, -0.15) is 0 Å². The maximum absolute atomic E-state index is 12.9. The standard InChI is InChI=1S/C22H31N3O5/c1-4-16(5-2)30-18-12-15(11-17(23)20(18)24-13(3)26)21(27)25-19(22(28)29)14-9-7-6-8-10-14/h6-10,12,16-20H,4-5,11,23H2,1-3H3,(H,24,26)(H,25,27)(H,28,29)/t17-,18+,19+,20+/m0/s1. The highest BCUT2D eigenvalue weighted by molar-refractivity contribution is 5.96. The van der Waals surface area contributed by atoms with Crippen LogP contribution in [-0.2, 0) is 19.1 Å². The van der Waals surface area contributed by atoms with Gasteiger partial charge in [0.25, 0.3) is 0 Å². The molecule has 0 saturated carbocycles. The van der Waals surface area contributed by atoms with Gasteiger partial charge in [0.2, 0.25) is 11.8 Å². The molecule has 0 radical (unpaired) electrons. The van der Waals surface area contributed by atoms with Crippen molar-refractivity contribution in [1.29, 1.82) is 0 Å². The van der Waals surface area contributed by atoms with Crippen LogP contribution in [0.5, 0.6) is 0 Å². The Balaban J connectivity index is 2.26. The van der Waals surface area contributed by atoms with Crippen LogP contribution in [0.15, 0.2) is 42.0 Å². The zero-order valence-electron chi connectivity index (χ0n) is 17.6. The van der Waals surface area contributed by atoms with Gasteiger partial charge in [-0.15, -0.1) is 0 Å². The number of aliphatic carboxylic acids is 1. The largest absolute Gasteiger partial charge is 0.479 e. The molecule has 0 aromatic heterocycles. The normalized spacial score (nSPS) is 22.2. The number of carbonyl (C=O) groups excluding carboxylic acids is 2. The Hall–Kier alpha value is -2.71. The van der Waals surface area contributed by atoms with Crippen molar-refractivity contribution in [3.63, 3.8) is 0 Å². The van der Waals surface area contributed by atoms with Crippen molar-refractivity contribution in [2.24, 2.45) is 5.73 Å². The molecule has 0 bridgehead atoms. The number of benzene rings is 1. The van der Waals surface area contributed by atoms with E-state index in [1.807, 2.05) is 13.8 Å². The van der Waals surface area contributed by atoms with Crippen LogP contribution >= 0.6 is 0 Å². The number of nitrogens with one attached hydrogen (secondary N) is 2. The third-order valence-electron chi connectivity index (χ3n) is 5.21. The summed E-state index contributed by atoms with van der Waals surface area (Å²) in [5.74, 6) is -1.90. The Morgan fingerprint density at radius 2 is 1.83 bits per heavy atom. The highest BCUT2D eigenvalue weighted by atomic mass is 16.5. The number of rotatable bonds is 9. The van der Waals surface area contributed by atoms with E-state index in [0.717, 1.165) is 12.8 Å².